The lowest BCUT2D eigenvalue weighted by molar-refractivity contribution is 0.116. The second-order valence-electron chi connectivity index (χ2n) is 7.15. The van der Waals surface area contributed by atoms with Crippen LogP contribution in [0.1, 0.15) is 36.8 Å². The summed E-state index contributed by atoms with van der Waals surface area (Å²) in [5, 5.41) is 0. The van der Waals surface area contributed by atoms with Gasteiger partial charge < -0.3 is 9.47 Å². The van der Waals surface area contributed by atoms with E-state index >= 15 is 0 Å². The number of hydrogen-bond donors (Lipinski definition) is 0. The van der Waals surface area contributed by atoms with Gasteiger partial charge in [0.05, 0.1) is 13.2 Å². The lowest BCUT2D eigenvalue weighted by atomic mass is 10.1. The molecule has 3 rings (SSSR count). The molecule has 3 aromatic rings. The standard InChI is InChI=1S/C27H30O2/c1-2-23-12-14-24(15-13-23)22-28-20-8-3-4-9-21-29-27-18-16-26(17-19-27)25-10-6-5-7-11-25/h2,5-7,10-19H,1,3-4,8-9,20-22H2. The van der Waals surface area contributed by atoms with Crippen LogP contribution in [-0.4, -0.2) is 13.2 Å². The second kappa shape index (κ2) is 11.9. The Bertz CT molecular complexity index is 836. The van der Waals surface area contributed by atoms with Crippen LogP contribution in [0.3, 0.4) is 0 Å². The van der Waals surface area contributed by atoms with E-state index < -0.39 is 0 Å². The van der Waals surface area contributed by atoms with Gasteiger partial charge >= 0.3 is 0 Å². The molecule has 0 fully saturated rings. The number of unbranched alkanes of at least 4 members (excludes halogenated alkanes) is 3. The largest absolute Gasteiger partial charge is 0.494 e. The zero-order chi connectivity index (χ0) is 20.2. The van der Waals surface area contributed by atoms with Crippen molar-refractivity contribution >= 4 is 6.08 Å². The summed E-state index contributed by atoms with van der Waals surface area (Å²) < 4.78 is 11.6. The number of benzene rings is 3. The zero-order valence-electron chi connectivity index (χ0n) is 17.1. The van der Waals surface area contributed by atoms with Crippen LogP contribution < -0.4 is 4.74 Å². The molecule has 2 heteroatoms. The molecule has 2 nitrogen and oxygen atoms in total. The Morgan fingerprint density at radius 1 is 0.655 bits per heavy atom. The van der Waals surface area contributed by atoms with Crippen molar-refractivity contribution in [2.75, 3.05) is 13.2 Å². The molecule has 0 spiro atoms. The lowest BCUT2D eigenvalue weighted by Crippen LogP contribution is -1.99. The van der Waals surface area contributed by atoms with Crippen LogP contribution in [0.5, 0.6) is 5.75 Å². The molecule has 0 N–H and O–H groups in total. The van der Waals surface area contributed by atoms with Gasteiger partial charge in [-0.05, 0) is 53.6 Å². The summed E-state index contributed by atoms with van der Waals surface area (Å²) in [6.07, 6.45) is 6.36. The fourth-order valence-electron chi connectivity index (χ4n) is 3.16. The Balaban J connectivity index is 1.22. The topological polar surface area (TPSA) is 18.5 Å². The van der Waals surface area contributed by atoms with Gasteiger partial charge in [-0.15, -0.1) is 0 Å². The van der Waals surface area contributed by atoms with Crippen molar-refractivity contribution in [3.63, 3.8) is 0 Å². The van der Waals surface area contributed by atoms with Gasteiger partial charge in [-0.3, -0.25) is 0 Å². The summed E-state index contributed by atoms with van der Waals surface area (Å²) in [5.74, 6) is 0.940. The van der Waals surface area contributed by atoms with Crippen LogP contribution in [0.25, 0.3) is 17.2 Å². The highest BCUT2D eigenvalue weighted by Gasteiger charge is 1.99. The third kappa shape index (κ3) is 7.24. The van der Waals surface area contributed by atoms with Crippen molar-refractivity contribution < 1.29 is 9.47 Å². The van der Waals surface area contributed by atoms with Crippen LogP contribution >= 0.6 is 0 Å². The minimum atomic E-state index is 0.680. The number of hydrogen-bond acceptors (Lipinski definition) is 2. The predicted octanol–water partition coefficient (Wildman–Crippen LogP) is 7.15. The highest BCUT2D eigenvalue weighted by Crippen LogP contribution is 2.22. The Hall–Kier alpha value is -2.84. The molecule has 3 aromatic carbocycles. The minimum Gasteiger partial charge on any atom is -0.494 e. The van der Waals surface area contributed by atoms with Crippen molar-refractivity contribution in [2.45, 2.75) is 32.3 Å². The predicted molar refractivity (Wildman–Crippen MR) is 122 cm³/mol. The fourth-order valence-corrected chi connectivity index (χ4v) is 3.16. The fraction of sp³-hybridized carbons (Fsp3) is 0.259. The molecule has 0 saturated carbocycles. The first kappa shape index (κ1) is 20.9. The molecular weight excluding hydrogens is 356 g/mol. The molecule has 0 unspecified atom stereocenters. The average molecular weight is 387 g/mol. The molecule has 0 aliphatic heterocycles. The van der Waals surface area contributed by atoms with Crippen molar-refractivity contribution in [2.24, 2.45) is 0 Å². The maximum Gasteiger partial charge on any atom is 0.119 e. The van der Waals surface area contributed by atoms with E-state index in [1.807, 2.05) is 12.1 Å². The highest BCUT2D eigenvalue weighted by molar-refractivity contribution is 5.63. The van der Waals surface area contributed by atoms with Crippen LogP contribution in [0.2, 0.25) is 0 Å². The van der Waals surface area contributed by atoms with Gasteiger partial charge in [0.25, 0.3) is 0 Å². The quantitative estimate of drug-likeness (QED) is 0.308. The Morgan fingerprint density at radius 3 is 2.00 bits per heavy atom. The summed E-state index contributed by atoms with van der Waals surface area (Å²) in [6, 6.07) is 27.1. The smallest absolute Gasteiger partial charge is 0.119 e. The van der Waals surface area contributed by atoms with Gasteiger partial charge in [0, 0.05) is 6.61 Å². The van der Waals surface area contributed by atoms with Crippen LogP contribution in [0, 0.1) is 0 Å². The van der Waals surface area contributed by atoms with E-state index in [2.05, 4.69) is 79.4 Å². The van der Waals surface area contributed by atoms with E-state index in [1.165, 1.54) is 29.5 Å². The number of rotatable bonds is 12. The van der Waals surface area contributed by atoms with E-state index in [1.54, 1.807) is 0 Å². The van der Waals surface area contributed by atoms with Gasteiger partial charge in [-0.25, -0.2) is 0 Å². The van der Waals surface area contributed by atoms with E-state index in [0.717, 1.165) is 37.4 Å². The summed E-state index contributed by atoms with van der Waals surface area (Å²) in [7, 11) is 0. The van der Waals surface area contributed by atoms with Crippen molar-refractivity contribution in [3.8, 4) is 16.9 Å². The van der Waals surface area contributed by atoms with Gasteiger partial charge in [0.1, 0.15) is 5.75 Å². The maximum absolute atomic E-state index is 5.86. The van der Waals surface area contributed by atoms with Crippen LogP contribution in [0.4, 0.5) is 0 Å². The van der Waals surface area contributed by atoms with Gasteiger partial charge in [0.15, 0.2) is 0 Å². The zero-order valence-corrected chi connectivity index (χ0v) is 17.1. The van der Waals surface area contributed by atoms with Crippen molar-refractivity contribution in [1.29, 1.82) is 0 Å². The van der Waals surface area contributed by atoms with Crippen LogP contribution in [0.15, 0.2) is 85.4 Å². The van der Waals surface area contributed by atoms with Gasteiger partial charge in [0.2, 0.25) is 0 Å². The third-order valence-corrected chi connectivity index (χ3v) is 4.90. The molecule has 0 amide bonds. The molecule has 0 aliphatic rings. The molecule has 0 radical (unpaired) electrons. The van der Waals surface area contributed by atoms with E-state index in [9.17, 15) is 0 Å². The molecule has 150 valence electrons. The summed E-state index contributed by atoms with van der Waals surface area (Å²) in [6.45, 7) is 6.03. The van der Waals surface area contributed by atoms with E-state index in [0.29, 0.717) is 6.61 Å². The second-order valence-corrected chi connectivity index (χ2v) is 7.15. The summed E-state index contributed by atoms with van der Waals surface area (Å²) in [4.78, 5) is 0. The average Bonchev–Trinajstić information content (AvgIpc) is 2.79. The van der Waals surface area contributed by atoms with Crippen molar-refractivity contribution in [1.82, 2.24) is 0 Å². The summed E-state index contributed by atoms with van der Waals surface area (Å²) >= 11 is 0. The normalized spacial score (nSPS) is 10.6. The molecule has 0 saturated heterocycles. The molecule has 0 bridgehead atoms. The van der Waals surface area contributed by atoms with Gasteiger partial charge in [-0.1, -0.05) is 85.8 Å². The molecule has 0 heterocycles. The molecule has 0 aromatic heterocycles. The SMILES string of the molecule is C=Cc1ccc(COCCCCCCOc2ccc(-c3ccccc3)cc2)cc1. The first-order valence-corrected chi connectivity index (χ1v) is 10.4. The van der Waals surface area contributed by atoms with Gasteiger partial charge in [-0.2, -0.15) is 0 Å². The maximum atomic E-state index is 5.86. The third-order valence-electron chi connectivity index (χ3n) is 4.90. The Morgan fingerprint density at radius 2 is 1.31 bits per heavy atom. The molecular formula is C27H30O2. The Kier molecular flexibility index (Phi) is 8.55. The van der Waals surface area contributed by atoms with Crippen molar-refractivity contribution in [3.05, 3.63) is 96.6 Å². The van der Waals surface area contributed by atoms with E-state index in [-0.39, 0.29) is 0 Å². The van der Waals surface area contributed by atoms with E-state index in [4.69, 9.17) is 9.47 Å². The first-order valence-electron chi connectivity index (χ1n) is 10.4. The monoisotopic (exact) mass is 386 g/mol. The summed E-state index contributed by atoms with van der Waals surface area (Å²) in [5.41, 5.74) is 4.80. The molecule has 0 atom stereocenters. The Labute approximate surface area is 174 Å². The lowest BCUT2D eigenvalue weighted by Gasteiger charge is -2.08. The molecule has 0 aliphatic carbocycles. The molecule has 29 heavy (non-hydrogen) atoms. The minimum absolute atomic E-state index is 0.680. The first-order chi connectivity index (χ1) is 14.3. The number of ether oxygens (including phenoxy) is 2. The highest BCUT2D eigenvalue weighted by atomic mass is 16.5. The van der Waals surface area contributed by atoms with Crippen LogP contribution in [-0.2, 0) is 11.3 Å².